The van der Waals surface area contributed by atoms with Crippen molar-refractivity contribution >= 4 is 35.0 Å². The van der Waals surface area contributed by atoms with Crippen LogP contribution in [0.1, 0.15) is 31.1 Å². The lowest BCUT2D eigenvalue weighted by Crippen LogP contribution is -2.24. The van der Waals surface area contributed by atoms with Crippen LogP contribution in [0.15, 0.2) is 42.5 Å². The molecule has 3 rings (SSSR count). The predicted octanol–water partition coefficient (Wildman–Crippen LogP) is 2.82. The van der Waals surface area contributed by atoms with Crippen molar-refractivity contribution in [3.05, 3.63) is 64.2 Å². The van der Waals surface area contributed by atoms with Crippen LogP contribution in [0.25, 0.3) is 0 Å². The second-order valence-corrected chi connectivity index (χ2v) is 5.33. The number of nitrogens with one attached hydrogen (secondary N) is 1. The minimum atomic E-state index is -0.402. The SMILES string of the molecule is CN1C(=O)c2ccc(C(=O)Nc3ccc(Cl)cc3)cc2C1=O. The number of nitrogens with zero attached hydrogens (tertiary/aromatic N) is 1. The lowest BCUT2D eigenvalue weighted by atomic mass is 10.1. The van der Waals surface area contributed by atoms with Crippen molar-refractivity contribution in [1.82, 2.24) is 4.90 Å². The molecular weight excluding hydrogens is 304 g/mol. The van der Waals surface area contributed by atoms with Crippen LogP contribution in [0.2, 0.25) is 5.02 Å². The first kappa shape index (κ1) is 14.3. The van der Waals surface area contributed by atoms with Gasteiger partial charge in [-0.25, -0.2) is 0 Å². The molecule has 0 unspecified atom stereocenters. The molecule has 1 N–H and O–H groups in total. The number of anilines is 1. The predicted molar refractivity (Wildman–Crippen MR) is 82.3 cm³/mol. The van der Waals surface area contributed by atoms with Gasteiger partial charge in [0.25, 0.3) is 17.7 Å². The Bertz CT molecular complexity index is 800. The molecule has 0 bridgehead atoms. The lowest BCUT2D eigenvalue weighted by molar-refractivity contribution is 0.0693. The fraction of sp³-hybridized carbons (Fsp3) is 0.0625. The van der Waals surface area contributed by atoms with Gasteiger partial charge in [0.05, 0.1) is 11.1 Å². The minimum Gasteiger partial charge on any atom is -0.322 e. The van der Waals surface area contributed by atoms with Gasteiger partial charge in [0.2, 0.25) is 0 Å². The zero-order chi connectivity index (χ0) is 15.9. The fourth-order valence-electron chi connectivity index (χ4n) is 2.24. The number of hydrogen-bond acceptors (Lipinski definition) is 3. The van der Waals surface area contributed by atoms with E-state index >= 15 is 0 Å². The standard InChI is InChI=1S/C16H11ClN2O3/c1-19-15(21)12-7-2-9(8-13(12)16(19)22)14(20)18-11-5-3-10(17)4-6-11/h2-8H,1H3,(H,18,20). The fourth-order valence-corrected chi connectivity index (χ4v) is 2.36. The van der Waals surface area contributed by atoms with Crippen LogP contribution in [0.4, 0.5) is 5.69 Å². The third kappa shape index (κ3) is 2.35. The molecule has 1 aliphatic rings. The van der Waals surface area contributed by atoms with Gasteiger partial charge < -0.3 is 5.32 Å². The zero-order valence-electron chi connectivity index (χ0n) is 11.6. The Labute approximate surface area is 131 Å². The summed E-state index contributed by atoms with van der Waals surface area (Å²) in [5, 5.41) is 3.28. The van der Waals surface area contributed by atoms with E-state index in [1.807, 2.05) is 0 Å². The number of fused-ring (bicyclic) bond motifs is 1. The number of carbonyl (C=O) groups excluding carboxylic acids is 3. The Kier molecular flexibility index (Phi) is 3.42. The molecule has 6 heteroatoms. The van der Waals surface area contributed by atoms with Crippen LogP contribution in [-0.2, 0) is 0 Å². The molecule has 0 saturated carbocycles. The van der Waals surface area contributed by atoms with E-state index < -0.39 is 5.91 Å². The summed E-state index contributed by atoms with van der Waals surface area (Å²) in [7, 11) is 1.41. The van der Waals surface area contributed by atoms with E-state index in [2.05, 4.69) is 5.32 Å². The first-order valence-corrected chi connectivity index (χ1v) is 6.88. The molecule has 0 atom stereocenters. The van der Waals surface area contributed by atoms with E-state index in [0.717, 1.165) is 4.90 Å². The van der Waals surface area contributed by atoms with Crippen molar-refractivity contribution in [2.75, 3.05) is 12.4 Å². The molecule has 3 amide bonds. The van der Waals surface area contributed by atoms with Crippen molar-refractivity contribution in [3.63, 3.8) is 0 Å². The summed E-state index contributed by atoms with van der Waals surface area (Å²) in [6.45, 7) is 0. The quantitative estimate of drug-likeness (QED) is 0.867. The van der Waals surface area contributed by atoms with Gasteiger partial charge in [0, 0.05) is 23.3 Å². The largest absolute Gasteiger partial charge is 0.322 e. The highest BCUT2D eigenvalue weighted by Crippen LogP contribution is 2.23. The van der Waals surface area contributed by atoms with E-state index in [9.17, 15) is 14.4 Å². The molecule has 0 aliphatic carbocycles. The number of benzene rings is 2. The number of halogens is 1. The van der Waals surface area contributed by atoms with Gasteiger partial charge in [0.15, 0.2) is 0 Å². The number of amides is 3. The van der Waals surface area contributed by atoms with Gasteiger partial charge in [-0.1, -0.05) is 11.6 Å². The molecule has 0 saturated heterocycles. The lowest BCUT2D eigenvalue weighted by Gasteiger charge is -2.06. The smallest absolute Gasteiger partial charge is 0.261 e. The Balaban J connectivity index is 1.87. The van der Waals surface area contributed by atoms with Crippen LogP contribution >= 0.6 is 11.6 Å². The Morgan fingerprint density at radius 3 is 2.32 bits per heavy atom. The number of imide groups is 1. The van der Waals surface area contributed by atoms with Gasteiger partial charge in [-0.2, -0.15) is 0 Å². The average molecular weight is 315 g/mol. The van der Waals surface area contributed by atoms with Crippen molar-refractivity contribution in [1.29, 1.82) is 0 Å². The first-order valence-electron chi connectivity index (χ1n) is 6.51. The van der Waals surface area contributed by atoms with Crippen LogP contribution in [0.5, 0.6) is 0 Å². The summed E-state index contributed by atoms with van der Waals surface area (Å²) in [5.41, 5.74) is 1.46. The topological polar surface area (TPSA) is 66.5 Å². The highest BCUT2D eigenvalue weighted by atomic mass is 35.5. The van der Waals surface area contributed by atoms with E-state index in [-0.39, 0.29) is 17.4 Å². The van der Waals surface area contributed by atoms with Crippen molar-refractivity contribution < 1.29 is 14.4 Å². The molecule has 1 aliphatic heterocycles. The van der Waals surface area contributed by atoms with Crippen molar-refractivity contribution in [2.24, 2.45) is 0 Å². The molecule has 2 aromatic rings. The summed E-state index contributed by atoms with van der Waals surface area (Å²) >= 11 is 5.79. The highest BCUT2D eigenvalue weighted by molar-refractivity contribution is 6.30. The van der Waals surface area contributed by atoms with E-state index in [1.54, 1.807) is 24.3 Å². The summed E-state index contributed by atoms with van der Waals surface area (Å²) in [4.78, 5) is 37.0. The average Bonchev–Trinajstić information content (AvgIpc) is 2.74. The molecule has 0 spiro atoms. The van der Waals surface area contributed by atoms with Gasteiger partial charge in [0.1, 0.15) is 0 Å². The number of hydrogen-bond donors (Lipinski definition) is 1. The zero-order valence-corrected chi connectivity index (χ0v) is 12.3. The number of rotatable bonds is 2. The van der Waals surface area contributed by atoms with E-state index in [4.69, 9.17) is 11.6 Å². The van der Waals surface area contributed by atoms with Crippen LogP contribution in [-0.4, -0.2) is 29.7 Å². The van der Waals surface area contributed by atoms with Gasteiger partial charge in [-0.3, -0.25) is 19.3 Å². The van der Waals surface area contributed by atoms with Gasteiger partial charge in [-0.05, 0) is 42.5 Å². The van der Waals surface area contributed by atoms with Crippen molar-refractivity contribution in [3.8, 4) is 0 Å². The summed E-state index contributed by atoms with van der Waals surface area (Å²) in [6.07, 6.45) is 0. The van der Waals surface area contributed by atoms with Gasteiger partial charge in [-0.15, -0.1) is 0 Å². The van der Waals surface area contributed by atoms with Gasteiger partial charge >= 0.3 is 0 Å². The molecule has 1 heterocycles. The van der Waals surface area contributed by atoms with Crippen LogP contribution in [0, 0.1) is 0 Å². The van der Waals surface area contributed by atoms with Crippen LogP contribution < -0.4 is 5.32 Å². The van der Waals surface area contributed by atoms with Crippen molar-refractivity contribution in [2.45, 2.75) is 0 Å². The summed E-state index contributed by atoms with van der Waals surface area (Å²) < 4.78 is 0. The monoisotopic (exact) mass is 314 g/mol. The molecular formula is C16H11ClN2O3. The maximum absolute atomic E-state index is 12.2. The maximum atomic E-state index is 12.2. The molecule has 2 aromatic carbocycles. The Hall–Kier alpha value is -2.66. The first-order chi connectivity index (χ1) is 10.5. The highest BCUT2D eigenvalue weighted by Gasteiger charge is 2.33. The van der Waals surface area contributed by atoms with E-state index in [1.165, 1.54) is 25.2 Å². The Morgan fingerprint density at radius 1 is 1.00 bits per heavy atom. The third-order valence-corrected chi connectivity index (χ3v) is 3.71. The molecule has 0 fully saturated rings. The van der Waals surface area contributed by atoms with Crippen LogP contribution in [0.3, 0.4) is 0 Å². The third-order valence-electron chi connectivity index (χ3n) is 3.45. The van der Waals surface area contributed by atoms with E-state index in [0.29, 0.717) is 21.8 Å². The number of carbonyl (C=O) groups is 3. The minimum absolute atomic E-state index is 0.247. The molecule has 5 nitrogen and oxygen atoms in total. The Morgan fingerprint density at radius 2 is 1.64 bits per heavy atom. The second-order valence-electron chi connectivity index (χ2n) is 4.89. The molecule has 22 heavy (non-hydrogen) atoms. The summed E-state index contributed by atoms with van der Waals surface area (Å²) in [6, 6.07) is 11.1. The molecule has 110 valence electrons. The second kappa shape index (κ2) is 5.27. The normalized spacial score (nSPS) is 13.3. The maximum Gasteiger partial charge on any atom is 0.261 e. The molecule has 0 radical (unpaired) electrons. The summed E-state index contributed by atoms with van der Waals surface area (Å²) in [5.74, 6) is -1.12. The molecule has 0 aromatic heterocycles.